The van der Waals surface area contributed by atoms with Crippen molar-refractivity contribution in [3.8, 4) is 5.75 Å². The molecule has 0 bridgehead atoms. The maximum atomic E-state index is 5.66. The lowest BCUT2D eigenvalue weighted by atomic mass is 10.2. The Morgan fingerprint density at radius 3 is 2.80 bits per heavy atom. The summed E-state index contributed by atoms with van der Waals surface area (Å²) in [6.45, 7) is 5.15. The van der Waals surface area contributed by atoms with Gasteiger partial charge in [0.2, 0.25) is 0 Å². The van der Waals surface area contributed by atoms with Gasteiger partial charge in [-0.3, -0.25) is 0 Å². The minimum atomic E-state index is -1.73. The molecule has 1 aliphatic heterocycles. The Bertz CT molecular complexity index is 431. The highest BCUT2D eigenvalue weighted by atomic mass is 35.6. The third-order valence-corrected chi connectivity index (χ3v) is 3.63. The van der Waals surface area contributed by atoms with E-state index < -0.39 is 3.98 Å². The summed E-state index contributed by atoms with van der Waals surface area (Å²) in [4.78, 5) is 2.30. The smallest absolute Gasteiger partial charge is 0.338 e. The molecule has 1 heterocycles. The molecule has 112 valence electrons. The summed E-state index contributed by atoms with van der Waals surface area (Å²) in [5.74, 6) is 0.556. The Morgan fingerprint density at radius 2 is 2.20 bits per heavy atom. The van der Waals surface area contributed by atoms with Gasteiger partial charge in [0.1, 0.15) is 5.75 Å². The molecular formula is C14H19Cl3N2O. The first-order chi connectivity index (χ1) is 9.48. The molecule has 1 aromatic carbocycles. The van der Waals surface area contributed by atoms with Crippen LogP contribution in [0.15, 0.2) is 24.3 Å². The van der Waals surface area contributed by atoms with Crippen LogP contribution in [-0.2, 0) is 0 Å². The monoisotopic (exact) mass is 336 g/mol. The van der Waals surface area contributed by atoms with E-state index in [9.17, 15) is 0 Å². The molecule has 0 saturated carbocycles. The SMILES string of the molecule is CCN(C[C@@H]1CCCN1)c1cccc(OC(Cl)(Cl)Cl)c1. The molecule has 6 heteroatoms. The van der Waals surface area contributed by atoms with Gasteiger partial charge in [0.05, 0.1) is 0 Å². The summed E-state index contributed by atoms with van der Waals surface area (Å²) in [6.07, 6.45) is 2.47. The minimum absolute atomic E-state index is 0.549. The molecule has 0 aliphatic carbocycles. The second-order valence-corrected chi connectivity index (χ2v) is 7.05. The van der Waals surface area contributed by atoms with Crippen LogP contribution >= 0.6 is 34.8 Å². The lowest BCUT2D eigenvalue weighted by Crippen LogP contribution is -2.37. The highest BCUT2D eigenvalue weighted by Crippen LogP contribution is 2.32. The molecule has 2 rings (SSSR count). The highest BCUT2D eigenvalue weighted by Gasteiger charge is 2.22. The summed E-state index contributed by atoms with van der Waals surface area (Å²) in [7, 11) is 0. The van der Waals surface area contributed by atoms with Gasteiger partial charge in [-0.25, -0.2) is 0 Å². The van der Waals surface area contributed by atoms with Crippen molar-refractivity contribution in [3.05, 3.63) is 24.3 Å². The van der Waals surface area contributed by atoms with Crippen molar-refractivity contribution < 1.29 is 4.74 Å². The lowest BCUT2D eigenvalue weighted by Gasteiger charge is -2.27. The molecule has 3 nitrogen and oxygen atoms in total. The Labute approximate surface area is 135 Å². The molecule has 0 aromatic heterocycles. The van der Waals surface area contributed by atoms with Gasteiger partial charge < -0.3 is 15.0 Å². The van der Waals surface area contributed by atoms with Gasteiger partial charge in [0, 0.05) is 30.9 Å². The Hall–Kier alpha value is -0.350. The largest absolute Gasteiger partial charge is 0.446 e. The zero-order chi connectivity index (χ0) is 14.6. The molecule has 1 fully saturated rings. The average Bonchev–Trinajstić information content (AvgIpc) is 2.87. The molecule has 1 aromatic rings. The number of likely N-dealkylation sites (N-methyl/N-ethyl adjacent to an activating group) is 1. The van der Waals surface area contributed by atoms with Gasteiger partial charge >= 0.3 is 3.98 Å². The van der Waals surface area contributed by atoms with E-state index in [-0.39, 0.29) is 0 Å². The van der Waals surface area contributed by atoms with Gasteiger partial charge in [-0.1, -0.05) is 6.07 Å². The molecule has 1 N–H and O–H groups in total. The number of benzene rings is 1. The highest BCUT2D eigenvalue weighted by molar-refractivity contribution is 6.66. The van der Waals surface area contributed by atoms with Crippen LogP contribution in [0.3, 0.4) is 0 Å². The van der Waals surface area contributed by atoms with Gasteiger partial charge in [-0.2, -0.15) is 0 Å². The molecular weight excluding hydrogens is 319 g/mol. The summed E-state index contributed by atoms with van der Waals surface area (Å²) >= 11 is 17.0. The summed E-state index contributed by atoms with van der Waals surface area (Å²) in [5.41, 5.74) is 1.08. The van der Waals surface area contributed by atoms with E-state index in [4.69, 9.17) is 39.5 Å². The van der Waals surface area contributed by atoms with Crippen molar-refractivity contribution >= 4 is 40.5 Å². The zero-order valence-corrected chi connectivity index (χ0v) is 13.7. The fourth-order valence-corrected chi connectivity index (χ4v) is 2.74. The van der Waals surface area contributed by atoms with Crippen LogP contribution in [0.5, 0.6) is 5.75 Å². The van der Waals surface area contributed by atoms with E-state index in [1.54, 1.807) is 6.07 Å². The van der Waals surface area contributed by atoms with Crippen molar-refractivity contribution in [1.29, 1.82) is 0 Å². The van der Waals surface area contributed by atoms with E-state index in [1.165, 1.54) is 12.8 Å². The number of halogens is 3. The van der Waals surface area contributed by atoms with Crippen LogP contribution in [0.4, 0.5) is 5.69 Å². The summed E-state index contributed by atoms with van der Waals surface area (Å²) in [5, 5.41) is 3.51. The summed E-state index contributed by atoms with van der Waals surface area (Å²) < 4.78 is 3.53. The van der Waals surface area contributed by atoms with E-state index in [0.29, 0.717) is 11.8 Å². The summed E-state index contributed by atoms with van der Waals surface area (Å²) in [6, 6.07) is 8.19. The van der Waals surface area contributed by atoms with E-state index >= 15 is 0 Å². The van der Waals surface area contributed by atoms with Gasteiger partial charge in [-0.05, 0) is 73.2 Å². The predicted molar refractivity (Wildman–Crippen MR) is 86.3 cm³/mol. The first kappa shape index (κ1) is 16.0. The fourth-order valence-electron chi connectivity index (χ4n) is 2.47. The third-order valence-electron chi connectivity index (χ3n) is 3.40. The Balaban J connectivity index is 2.06. The molecule has 0 amide bonds. The topological polar surface area (TPSA) is 24.5 Å². The number of anilines is 1. The number of hydrogen-bond acceptors (Lipinski definition) is 3. The molecule has 1 saturated heterocycles. The third kappa shape index (κ3) is 4.88. The maximum absolute atomic E-state index is 5.66. The van der Waals surface area contributed by atoms with Crippen molar-refractivity contribution in [2.45, 2.75) is 29.8 Å². The number of hydrogen-bond donors (Lipinski definition) is 1. The van der Waals surface area contributed by atoms with Crippen molar-refractivity contribution in [3.63, 3.8) is 0 Å². The maximum Gasteiger partial charge on any atom is 0.338 e. The second kappa shape index (κ2) is 7.08. The van der Waals surface area contributed by atoms with E-state index in [1.807, 2.05) is 18.2 Å². The van der Waals surface area contributed by atoms with Crippen LogP contribution < -0.4 is 15.0 Å². The second-order valence-electron chi connectivity index (χ2n) is 4.88. The van der Waals surface area contributed by atoms with Crippen molar-refractivity contribution in [1.82, 2.24) is 5.32 Å². The Morgan fingerprint density at radius 1 is 1.40 bits per heavy atom. The van der Waals surface area contributed by atoms with Gasteiger partial charge in [0.25, 0.3) is 0 Å². The first-order valence-electron chi connectivity index (χ1n) is 6.82. The molecule has 0 spiro atoms. The number of ether oxygens (including phenoxy) is 1. The molecule has 20 heavy (non-hydrogen) atoms. The quantitative estimate of drug-likeness (QED) is 0.823. The molecule has 0 unspecified atom stereocenters. The number of alkyl halides is 3. The van der Waals surface area contributed by atoms with Crippen LogP contribution in [0.2, 0.25) is 0 Å². The predicted octanol–water partition coefficient (Wildman–Crippen LogP) is 3.97. The lowest BCUT2D eigenvalue weighted by molar-refractivity contribution is 0.320. The average molecular weight is 338 g/mol. The van der Waals surface area contributed by atoms with Crippen LogP contribution in [0, 0.1) is 0 Å². The number of nitrogens with one attached hydrogen (secondary N) is 1. The van der Waals surface area contributed by atoms with Crippen molar-refractivity contribution in [2.75, 3.05) is 24.5 Å². The van der Waals surface area contributed by atoms with Crippen LogP contribution in [-0.4, -0.2) is 29.7 Å². The number of rotatable bonds is 5. The normalized spacial score (nSPS) is 19.1. The van der Waals surface area contributed by atoms with Gasteiger partial charge in [0.15, 0.2) is 0 Å². The zero-order valence-electron chi connectivity index (χ0n) is 11.4. The van der Waals surface area contributed by atoms with E-state index in [2.05, 4.69) is 17.1 Å². The fraction of sp³-hybridized carbons (Fsp3) is 0.571. The van der Waals surface area contributed by atoms with Crippen LogP contribution in [0.1, 0.15) is 19.8 Å². The van der Waals surface area contributed by atoms with E-state index in [0.717, 1.165) is 25.3 Å². The van der Waals surface area contributed by atoms with Crippen molar-refractivity contribution in [2.24, 2.45) is 0 Å². The van der Waals surface area contributed by atoms with Gasteiger partial charge in [-0.15, -0.1) is 0 Å². The Kier molecular flexibility index (Phi) is 5.67. The van der Waals surface area contributed by atoms with Crippen LogP contribution in [0.25, 0.3) is 0 Å². The first-order valence-corrected chi connectivity index (χ1v) is 7.95. The minimum Gasteiger partial charge on any atom is -0.446 e. The standard InChI is InChI=1S/C14H19Cl3N2O/c1-2-19(10-11-5-4-8-18-11)12-6-3-7-13(9-12)20-14(15,16)17/h3,6-7,9,11,18H,2,4-5,8,10H2,1H3/t11-/m0/s1. The molecule has 0 radical (unpaired) electrons. The molecule has 1 aliphatic rings. The molecule has 1 atom stereocenters. The number of nitrogens with zero attached hydrogens (tertiary/aromatic N) is 1.